The number of hydrogen-bond donors (Lipinski definition) is 1. The quantitative estimate of drug-likeness (QED) is 0.921. The molecule has 0 bridgehead atoms. The van der Waals surface area contributed by atoms with Crippen LogP contribution in [0.3, 0.4) is 0 Å². The Morgan fingerprint density at radius 3 is 2.94 bits per heavy atom. The summed E-state index contributed by atoms with van der Waals surface area (Å²) in [4.78, 5) is 0. The lowest BCUT2D eigenvalue weighted by Crippen LogP contribution is -2.23. The highest BCUT2D eigenvalue weighted by Gasteiger charge is 2.17. The van der Waals surface area contributed by atoms with Crippen molar-refractivity contribution in [3.63, 3.8) is 0 Å². The molecule has 1 atom stereocenters. The van der Waals surface area contributed by atoms with Crippen molar-refractivity contribution < 1.29 is 4.74 Å². The maximum atomic E-state index is 5.47. The maximum absolute atomic E-state index is 5.47. The SMILES string of the molecule is COc1c(Br)cc(C)cc1CC1CCCN1. The summed E-state index contributed by atoms with van der Waals surface area (Å²) in [5.74, 6) is 0.985. The molecule has 1 aromatic rings. The molecule has 1 aromatic carbocycles. The van der Waals surface area contributed by atoms with Crippen molar-refractivity contribution in [3.05, 3.63) is 27.7 Å². The Balaban J connectivity index is 2.23. The molecule has 1 aliphatic rings. The van der Waals surface area contributed by atoms with E-state index in [2.05, 4.69) is 40.3 Å². The summed E-state index contributed by atoms with van der Waals surface area (Å²) in [5, 5.41) is 3.52. The number of rotatable bonds is 3. The number of methoxy groups -OCH3 is 1. The second-order valence-electron chi connectivity index (χ2n) is 4.44. The third-order valence-corrected chi connectivity index (χ3v) is 3.69. The molecule has 1 fully saturated rings. The third kappa shape index (κ3) is 2.58. The zero-order valence-electron chi connectivity index (χ0n) is 9.85. The van der Waals surface area contributed by atoms with Crippen LogP contribution in [0.4, 0.5) is 0 Å². The molecule has 0 aromatic heterocycles. The molecule has 1 saturated heterocycles. The zero-order chi connectivity index (χ0) is 11.5. The van der Waals surface area contributed by atoms with E-state index in [0.717, 1.165) is 23.2 Å². The molecule has 1 heterocycles. The molecule has 2 rings (SSSR count). The van der Waals surface area contributed by atoms with E-state index in [4.69, 9.17) is 4.74 Å². The molecule has 0 amide bonds. The molecular weight excluding hydrogens is 266 g/mol. The topological polar surface area (TPSA) is 21.3 Å². The molecule has 0 saturated carbocycles. The normalized spacial score (nSPS) is 20.1. The first-order chi connectivity index (χ1) is 7.70. The Morgan fingerprint density at radius 1 is 1.50 bits per heavy atom. The van der Waals surface area contributed by atoms with E-state index in [0.29, 0.717) is 6.04 Å². The largest absolute Gasteiger partial charge is 0.495 e. The van der Waals surface area contributed by atoms with Crippen molar-refractivity contribution in [2.75, 3.05) is 13.7 Å². The Hall–Kier alpha value is -0.540. The van der Waals surface area contributed by atoms with Gasteiger partial charge in [0.25, 0.3) is 0 Å². The summed E-state index contributed by atoms with van der Waals surface area (Å²) in [7, 11) is 1.74. The molecule has 1 N–H and O–H groups in total. The second-order valence-corrected chi connectivity index (χ2v) is 5.29. The van der Waals surface area contributed by atoms with Crippen LogP contribution in [-0.2, 0) is 6.42 Å². The Kier molecular flexibility index (Phi) is 3.87. The summed E-state index contributed by atoms with van der Waals surface area (Å²) < 4.78 is 6.53. The van der Waals surface area contributed by atoms with E-state index >= 15 is 0 Å². The van der Waals surface area contributed by atoms with Crippen LogP contribution in [0.2, 0.25) is 0 Å². The van der Waals surface area contributed by atoms with Gasteiger partial charge in [0.1, 0.15) is 5.75 Å². The first-order valence-corrected chi connectivity index (χ1v) is 6.56. The lowest BCUT2D eigenvalue weighted by molar-refractivity contribution is 0.404. The van der Waals surface area contributed by atoms with Gasteiger partial charge < -0.3 is 10.1 Å². The summed E-state index contributed by atoms with van der Waals surface area (Å²) in [6.45, 7) is 3.27. The molecule has 0 spiro atoms. The molecule has 2 nitrogen and oxygen atoms in total. The van der Waals surface area contributed by atoms with Gasteiger partial charge >= 0.3 is 0 Å². The lowest BCUT2D eigenvalue weighted by Gasteiger charge is -2.15. The minimum atomic E-state index is 0.614. The van der Waals surface area contributed by atoms with Crippen molar-refractivity contribution in [1.82, 2.24) is 5.32 Å². The van der Waals surface area contributed by atoms with E-state index in [9.17, 15) is 0 Å². The highest BCUT2D eigenvalue weighted by Crippen LogP contribution is 2.32. The van der Waals surface area contributed by atoms with Gasteiger partial charge in [0, 0.05) is 6.04 Å². The second kappa shape index (κ2) is 5.19. The summed E-state index contributed by atoms with van der Waals surface area (Å²) >= 11 is 3.56. The number of halogens is 1. The molecule has 1 unspecified atom stereocenters. The van der Waals surface area contributed by atoms with E-state index in [1.54, 1.807) is 7.11 Å². The summed E-state index contributed by atoms with van der Waals surface area (Å²) in [5.41, 5.74) is 2.58. The smallest absolute Gasteiger partial charge is 0.136 e. The van der Waals surface area contributed by atoms with Crippen LogP contribution >= 0.6 is 15.9 Å². The third-order valence-electron chi connectivity index (χ3n) is 3.10. The minimum Gasteiger partial charge on any atom is -0.495 e. The van der Waals surface area contributed by atoms with Crippen molar-refractivity contribution in [3.8, 4) is 5.75 Å². The number of aryl methyl sites for hydroxylation is 1. The number of nitrogens with one attached hydrogen (secondary N) is 1. The van der Waals surface area contributed by atoms with Gasteiger partial charge in [-0.3, -0.25) is 0 Å². The standard InChI is InChI=1S/C13H18BrNO/c1-9-6-10(8-11-4-3-5-15-11)13(16-2)12(14)7-9/h6-7,11,15H,3-5,8H2,1-2H3. The summed E-state index contributed by atoms with van der Waals surface area (Å²) in [6, 6.07) is 4.94. The highest BCUT2D eigenvalue weighted by atomic mass is 79.9. The van der Waals surface area contributed by atoms with E-state index in [-0.39, 0.29) is 0 Å². The fraction of sp³-hybridized carbons (Fsp3) is 0.538. The molecular formula is C13H18BrNO. The van der Waals surface area contributed by atoms with Gasteiger partial charge in [-0.25, -0.2) is 0 Å². The molecule has 1 aliphatic heterocycles. The van der Waals surface area contributed by atoms with Crippen LogP contribution in [0.5, 0.6) is 5.75 Å². The Bertz CT molecular complexity index is 372. The van der Waals surface area contributed by atoms with Crippen LogP contribution < -0.4 is 10.1 Å². The number of ether oxygens (including phenoxy) is 1. The molecule has 3 heteroatoms. The average Bonchev–Trinajstić information content (AvgIpc) is 2.70. The van der Waals surface area contributed by atoms with Gasteiger partial charge in [-0.05, 0) is 65.9 Å². The van der Waals surface area contributed by atoms with Crippen molar-refractivity contribution in [1.29, 1.82) is 0 Å². The highest BCUT2D eigenvalue weighted by molar-refractivity contribution is 9.10. The van der Waals surface area contributed by atoms with Crippen molar-refractivity contribution in [2.24, 2.45) is 0 Å². The predicted molar refractivity (Wildman–Crippen MR) is 70.2 cm³/mol. The van der Waals surface area contributed by atoms with Gasteiger partial charge in [-0.2, -0.15) is 0 Å². The van der Waals surface area contributed by atoms with E-state index in [1.165, 1.54) is 24.0 Å². The van der Waals surface area contributed by atoms with Gasteiger partial charge in [0.15, 0.2) is 0 Å². The molecule has 88 valence electrons. The predicted octanol–water partition coefficient (Wildman–Crippen LogP) is 3.06. The van der Waals surface area contributed by atoms with Gasteiger partial charge in [-0.15, -0.1) is 0 Å². The monoisotopic (exact) mass is 283 g/mol. The van der Waals surface area contributed by atoms with Crippen LogP contribution in [0, 0.1) is 6.92 Å². The number of hydrogen-bond acceptors (Lipinski definition) is 2. The maximum Gasteiger partial charge on any atom is 0.136 e. The van der Waals surface area contributed by atoms with E-state index < -0.39 is 0 Å². The average molecular weight is 284 g/mol. The zero-order valence-corrected chi connectivity index (χ0v) is 11.4. The molecule has 0 radical (unpaired) electrons. The summed E-state index contributed by atoms with van der Waals surface area (Å²) in [6.07, 6.45) is 3.62. The Labute approximate surface area is 106 Å². The molecule has 16 heavy (non-hydrogen) atoms. The minimum absolute atomic E-state index is 0.614. The van der Waals surface area contributed by atoms with Gasteiger partial charge in [0.05, 0.1) is 11.6 Å². The van der Waals surface area contributed by atoms with Crippen molar-refractivity contribution in [2.45, 2.75) is 32.2 Å². The number of benzene rings is 1. The Morgan fingerprint density at radius 2 is 2.31 bits per heavy atom. The van der Waals surface area contributed by atoms with Gasteiger partial charge in [-0.1, -0.05) is 6.07 Å². The van der Waals surface area contributed by atoms with Crippen LogP contribution in [0.15, 0.2) is 16.6 Å². The van der Waals surface area contributed by atoms with Crippen LogP contribution in [0.1, 0.15) is 24.0 Å². The fourth-order valence-corrected chi connectivity index (χ4v) is 3.16. The van der Waals surface area contributed by atoms with Crippen LogP contribution in [0.25, 0.3) is 0 Å². The molecule has 0 aliphatic carbocycles. The van der Waals surface area contributed by atoms with Crippen LogP contribution in [-0.4, -0.2) is 19.7 Å². The van der Waals surface area contributed by atoms with Gasteiger partial charge in [0.2, 0.25) is 0 Å². The fourth-order valence-electron chi connectivity index (χ4n) is 2.38. The van der Waals surface area contributed by atoms with E-state index in [1.807, 2.05) is 0 Å². The van der Waals surface area contributed by atoms with Crippen molar-refractivity contribution >= 4 is 15.9 Å². The first-order valence-electron chi connectivity index (χ1n) is 5.77. The first kappa shape index (κ1) is 11.9. The lowest BCUT2D eigenvalue weighted by atomic mass is 10.0.